The van der Waals surface area contributed by atoms with Crippen LogP contribution in [0.15, 0.2) is 30.0 Å². The molecule has 2 aliphatic rings. The van der Waals surface area contributed by atoms with E-state index in [-0.39, 0.29) is 41.4 Å². The number of benzene rings is 2. The van der Waals surface area contributed by atoms with Crippen LogP contribution in [0.25, 0.3) is 6.08 Å². The molecular formula is C28H29NO10. The summed E-state index contributed by atoms with van der Waals surface area (Å²) in [5.74, 6) is -3.18. The Labute approximate surface area is 224 Å². The second-order valence-electron chi connectivity index (χ2n) is 11.0. The summed E-state index contributed by atoms with van der Waals surface area (Å²) in [4.78, 5) is 52.0. The minimum Gasteiger partial charge on any atom is -0.478 e. The Kier molecular flexibility index (Phi) is 6.80. The fourth-order valence-electron chi connectivity index (χ4n) is 4.35. The first-order valence-corrected chi connectivity index (χ1v) is 12.2. The molecule has 11 heteroatoms. The number of allylic oxidation sites excluding steroid dienone is 1. The molecular weight excluding hydrogens is 510 g/mol. The quantitative estimate of drug-likeness (QED) is 0.414. The molecule has 0 saturated carbocycles. The largest absolute Gasteiger partial charge is 0.514 e. The van der Waals surface area contributed by atoms with Gasteiger partial charge in [0.05, 0.1) is 16.9 Å². The Hall–Kier alpha value is -4.54. The number of hydrogen-bond acceptors (Lipinski definition) is 8. The molecule has 0 atom stereocenters. The van der Waals surface area contributed by atoms with Crippen molar-refractivity contribution in [2.45, 2.75) is 65.6 Å². The molecule has 2 aromatic carbocycles. The Bertz CT molecular complexity index is 1430. The maximum absolute atomic E-state index is 13.6. The van der Waals surface area contributed by atoms with Crippen LogP contribution in [-0.2, 0) is 20.6 Å². The van der Waals surface area contributed by atoms with Gasteiger partial charge >= 0.3 is 24.2 Å². The lowest BCUT2D eigenvalue weighted by Crippen LogP contribution is -2.36. The van der Waals surface area contributed by atoms with Gasteiger partial charge in [0, 0.05) is 6.42 Å². The standard InChI is InChI=1S/C28H29NO10/c1-27(2,3)38-25(34)29-17-9-7-8-10-18(17)37-22-20(24(32)33)19(23(30)31)16-13-14(11-12-15(16)21(22)29)36-26(35)39-28(4,5)6/h7-10,13H,11-12H2,1-6H3,(H,30,31)(H,32,33). The van der Waals surface area contributed by atoms with Crippen LogP contribution < -0.4 is 9.64 Å². The van der Waals surface area contributed by atoms with E-state index >= 15 is 0 Å². The number of hydrogen-bond donors (Lipinski definition) is 2. The molecule has 39 heavy (non-hydrogen) atoms. The van der Waals surface area contributed by atoms with Gasteiger partial charge in [-0.25, -0.2) is 24.1 Å². The third kappa shape index (κ3) is 5.52. The van der Waals surface area contributed by atoms with Crippen molar-refractivity contribution in [1.82, 2.24) is 0 Å². The molecule has 2 aromatic rings. The second-order valence-corrected chi connectivity index (χ2v) is 11.0. The van der Waals surface area contributed by atoms with Crippen molar-refractivity contribution in [2.24, 2.45) is 0 Å². The van der Waals surface area contributed by atoms with Crippen molar-refractivity contribution in [3.63, 3.8) is 0 Å². The highest BCUT2D eigenvalue weighted by atomic mass is 16.7. The molecule has 1 heterocycles. The minimum atomic E-state index is -1.58. The smallest absolute Gasteiger partial charge is 0.478 e. The molecule has 2 N–H and O–H groups in total. The van der Waals surface area contributed by atoms with Crippen molar-refractivity contribution in [3.8, 4) is 11.5 Å². The number of carboxylic acid groups (broad SMARTS) is 2. The van der Waals surface area contributed by atoms with Crippen LogP contribution in [0, 0.1) is 0 Å². The molecule has 1 amide bonds. The third-order valence-electron chi connectivity index (χ3n) is 5.65. The van der Waals surface area contributed by atoms with Crippen molar-refractivity contribution in [1.29, 1.82) is 0 Å². The van der Waals surface area contributed by atoms with E-state index in [2.05, 4.69) is 0 Å². The van der Waals surface area contributed by atoms with E-state index in [9.17, 15) is 29.4 Å². The number of aromatic carboxylic acids is 2. The molecule has 1 aliphatic heterocycles. The van der Waals surface area contributed by atoms with Gasteiger partial charge in [0.15, 0.2) is 11.5 Å². The highest BCUT2D eigenvalue weighted by molar-refractivity contribution is 6.13. The molecule has 206 valence electrons. The van der Waals surface area contributed by atoms with Crippen molar-refractivity contribution < 1.29 is 48.3 Å². The molecule has 0 aromatic heterocycles. The zero-order valence-corrected chi connectivity index (χ0v) is 22.4. The van der Waals surface area contributed by atoms with E-state index in [1.165, 1.54) is 17.0 Å². The summed E-state index contributed by atoms with van der Waals surface area (Å²) in [6.45, 7) is 10.0. The zero-order chi connectivity index (χ0) is 28.9. The normalized spacial score (nSPS) is 14.1. The van der Waals surface area contributed by atoms with Gasteiger partial charge in [-0.15, -0.1) is 0 Å². The lowest BCUT2D eigenvalue weighted by atomic mass is 9.85. The zero-order valence-electron chi connectivity index (χ0n) is 22.4. The third-order valence-corrected chi connectivity index (χ3v) is 5.65. The molecule has 0 unspecified atom stereocenters. The predicted octanol–water partition coefficient (Wildman–Crippen LogP) is 6.50. The Morgan fingerprint density at radius 1 is 0.872 bits per heavy atom. The maximum atomic E-state index is 13.6. The van der Waals surface area contributed by atoms with E-state index in [1.54, 1.807) is 59.7 Å². The molecule has 11 nitrogen and oxygen atoms in total. The summed E-state index contributed by atoms with van der Waals surface area (Å²) in [5.41, 5.74) is -2.31. The number of carbonyl (C=O) groups excluding carboxylic acids is 2. The number of rotatable bonds is 3. The summed E-state index contributed by atoms with van der Waals surface area (Å²) in [5, 5.41) is 20.3. The Morgan fingerprint density at radius 2 is 1.49 bits per heavy atom. The van der Waals surface area contributed by atoms with Gasteiger partial charge in [0.25, 0.3) is 0 Å². The number of fused-ring (bicyclic) bond motifs is 4. The van der Waals surface area contributed by atoms with E-state index in [4.69, 9.17) is 18.9 Å². The average molecular weight is 540 g/mol. The Balaban J connectivity index is 1.99. The number of ether oxygens (including phenoxy) is 4. The lowest BCUT2D eigenvalue weighted by molar-refractivity contribution is 0.00561. The Morgan fingerprint density at radius 3 is 2.08 bits per heavy atom. The first kappa shape index (κ1) is 27.5. The monoisotopic (exact) mass is 539 g/mol. The van der Waals surface area contributed by atoms with Crippen molar-refractivity contribution >= 4 is 41.6 Å². The number of carbonyl (C=O) groups is 4. The second kappa shape index (κ2) is 9.64. The molecule has 0 saturated heterocycles. The van der Waals surface area contributed by atoms with Gasteiger partial charge in [-0.2, -0.15) is 0 Å². The van der Waals surface area contributed by atoms with Gasteiger partial charge in [0.1, 0.15) is 22.5 Å². The first-order valence-electron chi connectivity index (χ1n) is 12.2. The maximum Gasteiger partial charge on any atom is 0.514 e. The SMILES string of the molecule is CC(C)(C)OC(=O)OC1=Cc2c(c3c(c(C(=O)O)c2C(=O)O)Oc2ccccc2N3C(=O)OC(C)(C)C)CC1. The fraction of sp³-hybridized carbons (Fsp3) is 0.357. The number of carboxylic acids is 2. The van der Waals surface area contributed by atoms with Crippen LogP contribution in [0.1, 0.15) is 79.8 Å². The van der Waals surface area contributed by atoms with Crippen molar-refractivity contribution in [3.05, 3.63) is 52.3 Å². The van der Waals surface area contributed by atoms with Crippen LogP contribution in [0.2, 0.25) is 0 Å². The van der Waals surface area contributed by atoms with Crippen LogP contribution >= 0.6 is 0 Å². The van der Waals surface area contributed by atoms with Gasteiger partial charge in [-0.3, -0.25) is 0 Å². The van der Waals surface area contributed by atoms with Gasteiger partial charge in [-0.05, 0) is 77.3 Å². The summed E-state index contributed by atoms with van der Waals surface area (Å²) < 4.78 is 22.1. The molecule has 0 spiro atoms. The van der Waals surface area contributed by atoms with Crippen molar-refractivity contribution in [2.75, 3.05) is 4.90 Å². The van der Waals surface area contributed by atoms with Gasteiger partial charge in [0.2, 0.25) is 0 Å². The van der Waals surface area contributed by atoms with Crippen LogP contribution in [0.5, 0.6) is 11.5 Å². The van der Waals surface area contributed by atoms with Crippen LogP contribution in [0.4, 0.5) is 21.0 Å². The molecule has 1 aliphatic carbocycles. The summed E-state index contributed by atoms with van der Waals surface area (Å²) in [6, 6.07) is 6.45. The topological polar surface area (TPSA) is 149 Å². The van der Waals surface area contributed by atoms with Crippen LogP contribution in [0.3, 0.4) is 0 Å². The number of amides is 1. The van der Waals surface area contributed by atoms with E-state index in [0.29, 0.717) is 11.3 Å². The number of nitrogens with zero attached hydrogens (tertiary/aromatic N) is 1. The summed E-state index contributed by atoms with van der Waals surface area (Å²) in [6.07, 6.45) is -0.281. The molecule has 0 bridgehead atoms. The molecule has 0 fully saturated rings. The van der Waals surface area contributed by atoms with Gasteiger partial charge < -0.3 is 29.2 Å². The predicted molar refractivity (Wildman–Crippen MR) is 139 cm³/mol. The molecule has 4 rings (SSSR count). The minimum absolute atomic E-state index is 0.0278. The number of anilines is 2. The first-order chi connectivity index (χ1) is 18.1. The van der Waals surface area contributed by atoms with E-state index < -0.39 is 46.5 Å². The van der Waals surface area contributed by atoms with E-state index in [0.717, 1.165) is 0 Å². The van der Waals surface area contributed by atoms with Crippen LogP contribution in [-0.4, -0.2) is 45.6 Å². The molecule has 0 radical (unpaired) electrons. The fourth-order valence-corrected chi connectivity index (χ4v) is 4.35. The highest BCUT2D eigenvalue weighted by Crippen LogP contribution is 2.54. The summed E-state index contributed by atoms with van der Waals surface area (Å²) in [7, 11) is 0. The van der Waals surface area contributed by atoms with E-state index in [1.807, 2.05) is 0 Å². The average Bonchev–Trinajstić information content (AvgIpc) is 2.78. The summed E-state index contributed by atoms with van der Waals surface area (Å²) >= 11 is 0. The van der Waals surface area contributed by atoms with Gasteiger partial charge in [-0.1, -0.05) is 12.1 Å². The highest BCUT2D eigenvalue weighted by Gasteiger charge is 2.42. The lowest BCUT2D eigenvalue weighted by Gasteiger charge is -2.36. The number of para-hydroxylation sites is 2.